The van der Waals surface area contributed by atoms with E-state index >= 15 is 0 Å². The molecule has 0 aliphatic carbocycles. The fraction of sp³-hybridized carbons (Fsp3) is 0. The van der Waals surface area contributed by atoms with Crippen LogP contribution in [0.3, 0.4) is 0 Å². The molecule has 0 bridgehead atoms. The van der Waals surface area contributed by atoms with Crippen molar-refractivity contribution in [3.8, 4) is 0 Å². The van der Waals surface area contributed by atoms with Crippen LogP contribution in [-0.2, 0) is 0 Å². The van der Waals surface area contributed by atoms with Crippen LogP contribution in [0.2, 0.25) is 5.02 Å². The molecule has 0 atom stereocenters. The molecule has 0 radical (unpaired) electrons. The van der Waals surface area contributed by atoms with Gasteiger partial charge in [-0.1, -0.05) is 11.6 Å². The first-order chi connectivity index (χ1) is 8.47. The number of nitrogens with two attached hydrogens (primary N) is 1. The van der Waals surface area contributed by atoms with Crippen LogP contribution in [0.1, 0.15) is 0 Å². The Kier molecular flexibility index (Phi) is 3.73. The maximum absolute atomic E-state index is 13.6. The zero-order valence-corrected chi connectivity index (χ0v) is 11.3. The highest BCUT2D eigenvalue weighted by Crippen LogP contribution is 2.30. The lowest BCUT2D eigenvalue weighted by atomic mass is 10.2. The van der Waals surface area contributed by atoms with Gasteiger partial charge in [-0.25, -0.2) is 8.78 Å². The first-order valence-electron chi connectivity index (χ1n) is 4.94. The van der Waals surface area contributed by atoms with Crippen molar-refractivity contribution in [1.82, 2.24) is 0 Å². The Hall–Kier alpha value is -1.33. The number of rotatable bonds is 2. The van der Waals surface area contributed by atoms with E-state index in [0.717, 1.165) is 12.1 Å². The molecule has 0 saturated carbocycles. The van der Waals surface area contributed by atoms with Gasteiger partial charge in [-0.05, 0) is 40.2 Å². The number of halogens is 4. The lowest BCUT2D eigenvalue weighted by molar-refractivity contribution is 0.598. The Balaban J connectivity index is 2.37. The number of hydrogen-bond donors (Lipinski definition) is 2. The van der Waals surface area contributed by atoms with Gasteiger partial charge in [-0.15, -0.1) is 0 Å². The van der Waals surface area contributed by atoms with Crippen LogP contribution in [0.5, 0.6) is 0 Å². The standard InChI is InChI=1S/C12H8BrClF2N2/c13-7-4-10(16)12(5-9(7)15)18-11-2-1-6(17)3-8(11)14/h1-5,18H,17H2. The minimum atomic E-state index is -0.587. The molecule has 0 amide bonds. The summed E-state index contributed by atoms with van der Waals surface area (Å²) in [6.07, 6.45) is 0. The molecule has 6 heteroatoms. The first-order valence-corrected chi connectivity index (χ1v) is 6.11. The molecular weight excluding hydrogens is 325 g/mol. The highest BCUT2D eigenvalue weighted by atomic mass is 79.9. The van der Waals surface area contributed by atoms with E-state index in [4.69, 9.17) is 17.3 Å². The predicted molar refractivity (Wildman–Crippen MR) is 73.2 cm³/mol. The molecule has 2 aromatic rings. The number of anilines is 3. The molecule has 0 saturated heterocycles. The molecule has 0 aliphatic heterocycles. The number of hydrogen-bond acceptors (Lipinski definition) is 2. The second-order valence-electron chi connectivity index (χ2n) is 3.61. The van der Waals surface area contributed by atoms with Crippen LogP contribution < -0.4 is 11.1 Å². The molecule has 0 aliphatic rings. The Morgan fingerprint density at radius 2 is 1.78 bits per heavy atom. The van der Waals surface area contributed by atoms with Crippen molar-refractivity contribution in [2.24, 2.45) is 0 Å². The quantitative estimate of drug-likeness (QED) is 0.617. The van der Waals surface area contributed by atoms with E-state index < -0.39 is 11.6 Å². The van der Waals surface area contributed by atoms with Crippen LogP contribution in [-0.4, -0.2) is 0 Å². The summed E-state index contributed by atoms with van der Waals surface area (Å²) in [5.41, 5.74) is 6.49. The van der Waals surface area contributed by atoms with Gasteiger partial charge in [-0.3, -0.25) is 0 Å². The van der Waals surface area contributed by atoms with Crippen molar-refractivity contribution >= 4 is 44.6 Å². The summed E-state index contributed by atoms with van der Waals surface area (Å²) in [4.78, 5) is 0. The molecular formula is C12H8BrClF2N2. The van der Waals surface area contributed by atoms with E-state index in [1.54, 1.807) is 12.1 Å². The maximum atomic E-state index is 13.6. The van der Waals surface area contributed by atoms with Crippen molar-refractivity contribution in [1.29, 1.82) is 0 Å². The van der Waals surface area contributed by atoms with Gasteiger partial charge >= 0.3 is 0 Å². The zero-order chi connectivity index (χ0) is 13.3. The summed E-state index contributed by atoms with van der Waals surface area (Å²) in [7, 11) is 0. The summed E-state index contributed by atoms with van der Waals surface area (Å²) in [5.74, 6) is -1.15. The highest BCUT2D eigenvalue weighted by Gasteiger charge is 2.10. The molecule has 0 heterocycles. The predicted octanol–water partition coefficient (Wildman–Crippen LogP) is 4.71. The van der Waals surface area contributed by atoms with Gasteiger partial charge in [0.15, 0.2) is 0 Å². The van der Waals surface area contributed by atoms with Crippen molar-refractivity contribution in [3.05, 3.63) is 51.5 Å². The largest absolute Gasteiger partial charge is 0.399 e. The third-order valence-corrected chi connectivity index (χ3v) is 3.19. The molecule has 2 aromatic carbocycles. The van der Waals surface area contributed by atoms with Gasteiger partial charge in [0.05, 0.1) is 20.9 Å². The maximum Gasteiger partial charge on any atom is 0.147 e. The summed E-state index contributed by atoms with van der Waals surface area (Å²) in [6.45, 7) is 0. The van der Waals surface area contributed by atoms with Crippen molar-refractivity contribution in [2.45, 2.75) is 0 Å². The molecule has 3 N–H and O–H groups in total. The van der Waals surface area contributed by atoms with Crippen LogP contribution in [0.25, 0.3) is 0 Å². The monoisotopic (exact) mass is 332 g/mol. The minimum absolute atomic E-state index is 0.00220. The average molecular weight is 334 g/mol. The molecule has 0 fully saturated rings. The molecule has 18 heavy (non-hydrogen) atoms. The third kappa shape index (κ3) is 2.73. The van der Waals surface area contributed by atoms with Crippen LogP contribution in [0.15, 0.2) is 34.8 Å². The average Bonchev–Trinajstić information content (AvgIpc) is 2.29. The van der Waals surface area contributed by atoms with E-state index in [2.05, 4.69) is 21.2 Å². The first kappa shape index (κ1) is 13.1. The Labute approximate surface area is 116 Å². The lowest BCUT2D eigenvalue weighted by Gasteiger charge is -2.10. The number of nitrogen functional groups attached to an aromatic ring is 1. The van der Waals surface area contributed by atoms with E-state index in [-0.39, 0.29) is 10.2 Å². The number of benzene rings is 2. The van der Waals surface area contributed by atoms with E-state index in [1.165, 1.54) is 6.07 Å². The second kappa shape index (κ2) is 5.12. The van der Waals surface area contributed by atoms with Crippen LogP contribution in [0, 0.1) is 11.6 Å². The van der Waals surface area contributed by atoms with Crippen molar-refractivity contribution in [3.63, 3.8) is 0 Å². The SMILES string of the molecule is Nc1ccc(Nc2cc(F)c(Br)cc2F)c(Cl)c1. The second-order valence-corrected chi connectivity index (χ2v) is 4.87. The van der Waals surface area contributed by atoms with Gasteiger partial charge in [0.2, 0.25) is 0 Å². The third-order valence-electron chi connectivity index (χ3n) is 2.27. The van der Waals surface area contributed by atoms with E-state index in [9.17, 15) is 8.78 Å². The van der Waals surface area contributed by atoms with Crippen LogP contribution >= 0.6 is 27.5 Å². The van der Waals surface area contributed by atoms with Gasteiger partial charge in [-0.2, -0.15) is 0 Å². The zero-order valence-electron chi connectivity index (χ0n) is 8.98. The molecule has 94 valence electrons. The molecule has 0 aromatic heterocycles. The van der Waals surface area contributed by atoms with Crippen molar-refractivity contribution < 1.29 is 8.78 Å². The topological polar surface area (TPSA) is 38.0 Å². The van der Waals surface area contributed by atoms with E-state index in [1.807, 2.05) is 0 Å². The van der Waals surface area contributed by atoms with Gasteiger partial charge in [0.1, 0.15) is 11.6 Å². The summed E-state index contributed by atoms with van der Waals surface area (Å²) >= 11 is 8.84. The normalized spacial score (nSPS) is 10.4. The lowest BCUT2D eigenvalue weighted by Crippen LogP contribution is -1.97. The fourth-order valence-electron chi connectivity index (χ4n) is 1.40. The summed E-state index contributed by atoms with van der Waals surface area (Å²) < 4.78 is 27.0. The van der Waals surface area contributed by atoms with Gasteiger partial charge in [0, 0.05) is 11.8 Å². The number of nitrogens with one attached hydrogen (secondary N) is 1. The molecule has 2 rings (SSSR count). The minimum Gasteiger partial charge on any atom is -0.399 e. The summed E-state index contributed by atoms with van der Waals surface area (Å²) in [5, 5.41) is 3.04. The van der Waals surface area contributed by atoms with Crippen LogP contribution in [0.4, 0.5) is 25.8 Å². The van der Waals surface area contributed by atoms with Gasteiger partial charge < -0.3 is 11.1 Å². The highest BCUT2D eigenvalue weighted by molar-refractivity contribution is 9.10. The summed E-state index contributed by atoms with van der Waals surface area (Å²) in [6, 6.07) is 6.82. The smallest absolute Gasteiger partial charge is 0.147 e. The molecule has 2 nitrogen and oxygen atoms in total. The fourth-order valence-corrected chi connectivity index (χ4v) is 1.95. The van der Waals surface area contributed by atoms with E-state index in [0.29, 0.717) is 16.4 Å². The Morgan fingerprint density at radius 3 is 2.44 bits per heavy atom. The van der Waals surface area contributed by atoms with Crippen molar-refractivity contribution in [2.75, 3.05) is 11.1 Å². The van der Waals surface area contributed by atoms with Gasteiger partial charge in [0.25, 0.3) is 0 Å². The molecule has 0 spiro atoms. The molecule has 0 unspecified atom stereocenters. The Bertz CT molecular complexity index is 605. The Morgan fingerprint density at radius 1 is 1.06 bits per heavy atom.